The number of hydrogen-bond acceptors (Lipinski definition) is 4. The van der Waals surface area contributed by atoms with Gasteiger partial charge < -0.3 is 9.84 Å². The number of carbonyl (C=O) groups is 1. The van der Waals surface area contributed by atoms with Crippen molar-refractivity contribution in [3.8, 4) is 0 Å². The van der Waals surface area contributed by atoms with E-state index in [1.165, 1.54) is 6.20 Å². The van der Waals surface area contributed by atoms with Gasteiger partial charge in [0.25, 0.3) is 0 Å². The van der Waals surface area contributed by atoms with Crippen molar-refractivity contribution in [1.29, 1.82) is 0 Å². The number of carbonyl (C=O) groups excluding carboxylic acids is 1. The average Bonchev–Trinajstić information content (AvgIpc) is 2.53. The highest BCUT2D eigenvalue weighted by Crippen LogP contribution is 2.30. The number of pyridine rings is 1. The molecule has 1 heterocycles. The molecule has 0 aliphatic carbocycles. The Morgan fingerprint density at radius 1 is 1.20 bits per heavy atom. The highest BCUT2D eigenvalue weighted by atomic mass is 35.5. The summed E-state index contributed by atoms with van der Waals surface area (Å²) in [6.07, 6.45) is 0.186. The molecule has 0 bridgehead atoms. The van der Waals surface area contributed by atoms with Crippen LogP contribution in [0.4, 0.5) is 10.5 Å². The summed E-state index contributed by atoms with van der Waals surface area (Å²) in [6, 6.07) is 10.7. The van der Waals surface area contributed by atoms with E-state index in [1.54, 1.807) is 45.0 Å². The number of benzene rings is 1. The van der Waals surface area contributed by atoms with Gasteiger partial charge in [-0.3, -0.25) is 10.3 Å². The fraction of sp³-hybridized carbons (Fsp3) is 0.368. The number of halogens is 1. The Kier molecular flexibility index (Phi) is 6.03. The lowest BCUT2D eigenvalue weighted by Gasteiger charge is -2.20. The highest BCUT2D eigenvalue weighted by molar-refractivity contribution is 6.30. The summed E-state index contributed by atoms with van der Waals surface area (Å²) in [5, 5.41) is 13.8. The van der Waals surface area contributed by atoms with Crippen LogP contribution in [0, 0.1) is 0 Å². The fourth-order valence-electron chi connectivity index (χ4n) is 2.28. The van der Waals surface area contributed by atoms with Crippen molar-refractivity contribution in [1.82, 2.24) is 4.98 Å². The summed E-state index contributed by atoms with van der Waals surface area (Å²) in [7, 11) is 0. The molecule has 0 aliphatic rings. The van der Waals surface area contributed by atoms with E-state index >= 15 is 0 Å². The third-order valence-electron chi connectivity index (χ3n) is 3.60. The summed E-state index contributed by atoms with van der Waals surface area (Å²) in [5.41, 5.74) is 1.43. The van der Waals surface area contributed by atoms with E-state index in [-0.39, 0.29) is 5.92 Å². The standard InChI is InChI=1S/C19H23ClN2O3/c1-12(13-5-7-14(20)8-6-13)17(23)16-10-9-15(11-21-16)22-18(24)25-19(2,3)4/h5-12,17,23H,1-4H3,(H,22,24). The van der Waals surface area contributed by atoms with Crippen molar-refractivity contribution >= 4 is 23.4 Å². The van der Waals surface area contributed by atoms with Gasteiger partial charge in [-0.05, 0) is 50.6 Å². The molecule has 0 spiro atoms. The zero-order chi connectivity index (χ0) is 18.6. The van der Waals surface area contributed by atoms with Crippen molar-refractivity contribution in [3.05, 3.63) is 58.9 Å². The minimum atomic E-state index is -0.767. The Balaban J connectivity index is 2.03. The number of rotatable bonds is 4. The van der Waals surface area contributed by atoms with Crippen molar-refractivity contribution < 1.29 is 14.6 Å². The lowest BCUT2D eigenvalue weighted by Crippen LogP contribution is -2.27. The molecule has 2 N–H and O–H groups in total. The summed E-state index contributed by atoms with van der Waals surface area (Å²) in [6.45, 7) is 7.30. The minimum absolute atomic E-state index is 0.144. The normalized spacial score (nSPS) is 13.8. The zero-order valence-electron chi connectivity index (χ0n) is 14.8. The van der Waals surface area contributed by atoms with Crippen LogP contribution in [0.5, 0.6) is 0 Å². The van der Waals surface area contributed by atoms with Gasteiger partial charge in [-0.1, -0.05) is 30.7 Å². The molecule has 0 aliphatic heterocycles. The molecule has 0 saturated heterocycles. The summed E-state index contributed by atoms with van der Waals surface area (Å²) >= 11 is 5.89. The van der Waals surface area contributed by atoms with Crippen molar-refractivity contribution in [2.75, 3.05) is 5.32 Å². The molecule has 0 fully saturated rings. The molecule has 2 unspecified atom stereocenters. The van der Waals surface area contributed by atoms with E-state index in [0.717, 1.165) is 5.56 Å². The number of ether oxygens (including phenoxy) is 1. The summed E-state index contributed by atoms with van der Waals surface area (Å²) in [5.74, 6) is -0.144. The maximum absolute atomic E-state index is 11.7. The number of amides is 1. The zero-order valence-corrected chi connectivity index (χ0v) is 15.5. The third kappa shape index (κ3) is 5.73. The molecule has 134 valence electrons. The molecular formula is C19H23ClN2O3. The molecule has 2 atom stereocenters. The summed E-state index contributed by atoms with van der Waals surface area (Å²) < 4.78 is 5.19. The number of aromatic nitrogens is 1. The number of anilines is 1. The van der Waals surface area contributed by atoms with Gasteiger partial charge in [0.1, 0.15) is 11.7 Å². The molecule has 1 amide bonds. The highest BCUT2D eigenvalue weighted by Gasteiger charge is 2.20. The molecule has 5 nitrogen and oxygen atoms in total. The van der Waals surface area contributed by atoms with Crippen molar-refractivity contribution in [3.63, 3.8) is 0 Å². The molecule has 0 saturated carbocycles. The Hall–Kier alpha value is -2.11. The molecular weight excluding hydrogens is 340 g/mol. The van der Waals surface area contributed by atoms with Crippen molar-refractivity contribution in [2.24, 2.45) is 0 Å². The Bertz CT molecular complexity index is 709. The van der Waals surface area contributed by atoms with Crippen LogP contribution in [0.2, 0.25) is 5.02 Å². The lowest BCUT2D eigenvalue weighted by atomic mass is 9.93. The van der Waals surface area contributed by atoms with E-state index in [9.17, 15) is 9.90 Å². The van der Waals surface area contributed by atoms with E-state index in [1.807, 2.05) is 19.1 Å². The monoisotopic (exact) mass is 362 g/mol. The van der Waals surface area contributed by atoms with Gasteiger partial charge in [-0.2, -0.15) is 0 Å². The maximum Gasteiger partial charge on any atom is 0.412 e. The Morgan fingerprint density at radius 3 is 2.36 bits per heavy atom. The van der Waals surface area contributed by atoms with Gasteiger partial charge in [0.05, 0.1) is 17.6 Å². The van der Waals surface area contributed by atoms with Gasteiger partial charge >= 0.3 is 6.09 Å². The van der Waals surface area contributed by atoms with Crippen LogP contribution in [0.1, 0.15) is 51.0 Å². The van der Waals surface area contributed by atoms with E-state index in [2.05, 4.69) is 10.3 Å². The first-order valence-corrected chi connectivity index (χ1v) is 8.43. The van der Waals surface area contributed by atoms with E-state index < -0.39 is 17.8 Å². The second-order valence-electron chi connectivity index (χ2n) is 6.88. The molecule has 25 heavy (non-hydrogen) atoms. The quantitative estimate of drug-likeness (QED) is 0.809. The summed E-state index contributed by atoms with van der Waals surface area (Å²) in [4.78, 5) is 16.0. The van der Waals surface area contributed by atoms with Gasteiger partial charge in [-0.15, -0.1) is 0 Å². The maximum atomic E-state index is 11.7. The first-order valence-electron chi connectivity index (χ1n) is 8.05. The molecule has 6 heteroatoms. The Morgan fingerprint density at radius 2 is 1.84 bits per heavy atom. The minimum Gasteiger partial charge on any atom is -0.444 e. The predicted octanol–water partition coefficient (Wildman–Crippen LogP) is 4.92. The predicted molar refractivity (Wildman–Crippen MR) is 98.9 cm³/mol. The molecule has 1 aromatic carbocycles. The second-order valence-corrected chi connectivity index (χ2v) is 7.32. The van der Waals surface area contributed by atoms with Gasteiger partial charge in [-0.25, -0.2) is 4.79 Å². The Labute approximate surface area is 153 Å². The van der Waals surface area contributed by atoms with Crippen LogP contribution in [0.25, 0.3) is 0 Å². The number of hydrogen-bond donors (Lipinski definition) is 2. The van der Waals surface area contributed by atoms with E-state index in [0.29, 0.717) is 16.4 Å². The van der Waals surface area contributed by atoms with Crippen LogP contribution in [-0.2, 0) is 4.74 Å². The van der Waals surface area contributed by atoms with Crippen LogP contribution < -0.4 is 5.32 Å². The number of aliphatic hydroxyl groups excluding tert-OH is 1. The van der Waals surface area contributed by atoms with Crippen LogP contribution >= 0.6 is 11.6 Å². The molecule has 0 radical (unpaired) electrons. The van der Waals surface area contributed by atoms with Crippen LogP contribution in [0.3, 0.4) is 0 Å². The van der Waals surface area contributed by atoms with Crippen LogP contribution in [0.15, 0.2) is 42.6 Å². The second kappa shape index (κ2) is 7.85. The topological polar surface area (TPSA) is 71.5 Å². The molecule has 2 rings (SSSR count). The number of aliphatic hydroxyl groups is 1. The molecule has 1 aromatic heterocycles. The third-order valence-corrected chi connectivity index (χ3v) is 3.86. The lowest BCUT2D eigenvalue weighted by molar-refractivity contribution is 0.0636. The first kappa shape index (κ1) is 19.2. The first-order chi connectivity index (χ1) is 11.7. The van der Waals surface area contributed by atoms with Gasteiger partial charge in [0.2, 0.25) is 0 Å². The largest absolute Gasteiger partial charge is 0.444 e. The number of nitrogens with one attached hydrogen (secondary N) is 1. The number of nitrogens with zero attached hydrogens (tertiary/aromatic N) is 1. The SMILES string of the molecule is CC(c1ccc(Cl)cc1)C(O)c1ccc(NC(=O)OC(C)(C)C)cn1. The smallest absolute Gasteiger partial charge is 0.412 e. The molecule has 2 aromatic rings. The fourth-order valence-corrected chi connectivity index (χ4v) is 2.41. The van der Waals surface area contributed by atoms with Gasteiger partial charge in [0, 0.05) is 10.9 Å². The van der Waals surface area contributed by atoms with Crippen LogP contribution in [-0.4, -0.2) is 21.8 Å². The van der Waals surface area contributed by atoms with E-state index in [4.69, 9.17) is 16.3 Å². The average molecular weight is 363 g/mol. The van der Waals surface area contributed by atoms with Gasteiger partial charge in [0.15, 0.2) is 0 Å². The van der Waals surface area contributed by atoms with Crippen molar-refractivity contribution in [2.45, 2.75) is 45.3 Å².